The Balaban J connectivity index is 1.69. The van der Waals surface area contributed by atoms with Gasteiger partial charge in [0.25, 0.3) is 0 Å². The van der Waals surface area contributed by atoms with Crippen molar-refractivity contribution in [3.63, 3.8) is 0 Å². The molecule has 3 rings (SSSR count). The molecule has 20 heavy (non-hydrogen) atoms. The number of rotatable bonds is 3. The lowest BCUT2D eigenvalue weighted by atomic mass is 9.90. The van der Waals surface area contributed by atoms with Gasteiger partial charge in [0.05, 0.1) is 16.7 Å². The van der Waals surface area contributed by atoms with Gasteiger partial charge in [0, 0.05) is 18.4 Å². The number of benzene rings is 1. The lowest BCUT2D eigenvalue weighted by molar-refractivity contribution is -0.108. The number of carbonyl (C=O) groups is 1. The van der Waals surface area contributed by atoms with Crippen LogP contribution in [0.15, 0.2) is 22.7 Å². The van der Waals surface area contributed by atoms with Crippen molar-refractivity contribution in [2.75, 3.05) is 6.61 Å². The summed E-state index contributed by atoms with van der Waals surface area (Å²) in [6.07, 6.45) is 7.83. The zero-order valence-electron chi connectivity index (χ0n) is 11.4. The van der Waals surface area contributed by atoms with Crippen LogP contribution in [0.3, 0.4) is 0 Å². The van der Waals surface area contributed by atoms with E-state index in [1.807, 2.05) is 6.07 Å². The van der Waals surface area contributed by atoms with Gasteiger partial charge in [0.2, 0.25) is 0 Å². The van der Waals surface area contributed by atoms with E-state index >= 15 is 0 Å². The molecule has 2 fully saturated rings. The fourth-order valence-corrected chi connectivity index (χ4v) is 3.81. The second-order valence-corrected chi connectivity index (χ2v) is 6.63. The summed E-state index contributed by atoms with van der Waals surface area (Å²) in [4.78, 5) is 10.8. The van der Waals surface area contributed by atoms with Crippen LogP contribution in [0.25, 0.3) is 0 Å². The van der Waals surface area contributed by atoms with E-state index in [2.05, 4.69) is 15.9 Å². The number of hydrogen-bond donors (Lipinski definition) is 0. The molecule has 1 aliphatic carbocycles. The topological polar surface area (TPSA) is 35.5 Å². The fraction of sp³-hybridized carbons (Fsp3) is 0.562. The summed E-state index contributed by atoms with van der Waals surface area (Å²) in [5, 5.41) is 0. The third-order valence-electron chi connectivity index (χ3n) is 4.35. The van der Waals surface area contributed by atoms with Crippen LogP contribution < -0.4 is 4.74 Å². The normalized spacial score (nSPS) is 24.8. The molecule has 1 saturated carbocycles. The van der Waals surface area contributed by atoms with Crippen LogP contribution in [0.5, 0.6) is 5.75 Å². The van der Waals surface area contributed by atoms with Crippen molar-refractivity contribution >= 4 is 22.2 Å². The Morgan fingerprint density at radius 3 is 2.85 bits per heavy atom. The molecule has 3 nitrogen and oxygen atoms in total. The first-order valence-corrected chi connectivity index (χ1v) is 8.05. The summed E-state index contributed by atoms with van der Waals surface area (Å²) in [5.41, 5.74) is 0.724. The van der Waals surface area contributed by atoms with Gasteiger partial charge >= 0.3 is 0 Å². The lowest BCUT2D eigenvalue weighted by Gasteiger charge is -2.38. The summed E-state index contributed by atoms with van der Waals surface area (Å²) in [6, 6.07) is 5.45. The van der Waals surface area contributed by atoms with Gasteiger partial charge in [0.1, 0.15) is 18.1 Å². The Labute approximate surface area is 127 Å². The maximum Gasteiger partial charge on any atom is 0.150 e. The van der Waals surface area contributed by atoms with Crippen LogP contribution in [-0.4, -0.2) is 24.6 Å². The van der Waals surface area contributed by atoms with Crippen LogP contribution in [0, 0.1) is 0 Å². The summed E-state index contributed by atoms with van der Waals surface area (Å²) < 4.78 is 13.0. The molecule has 2 aliphatic rings. The van der Waals surface area contributed by atoms with Crippen LogP contribution in [0.1, 0.15) is 48.9 Å². The monoisotopic (exact) mass is 338 g/mol. The Kier molecular flexibility index (Phi) is 4.13. The maximum atomic E-state index is 10.8. The smallest absolute Gasteiger partial charge is 0.150 e. The van der Waals surface area contributed by atoms with Crippen LogP contribution in [-0.2, 0) is 4.74 Å². The maximum absolute atomic E-state index is 10.8. The van der Waals surface area contributed by atoms with Crippen molar-refractivity contribution < 1.29 is 14.3 Å². The number of halogens is 1. The van der Waals surface area contributed by atoms with E-state index in [0.717, 1.165) is 48.8 Å². The highest BCUT2D eigenvalue weighted by Gasteiger charge is 2.40. The molecule has 1 atom stereocenters. The van der Waals surface area contributed by atoms with Gasteiger partial charge in [-0.3, -0.25) is 4.79 Å². The third-order valence-corrected chi connectivity index (χ3v) is 4.97. The quantitative estimate of drug-likeness (QED) is 0.777. The molecule has 1 aromatic carbocycles. The highest BCUT2D eigenvalue weighted by Crippen LogP contribution is 2.41. The molecular weight excluding hydrogens is 320 g/mol. The van der Waals surface area contributed by atoms with Gasteiger partial charge in [-0.1, -0.05) is 12.8 Å². The minimum Gasteiger partial charge on any atom is -0.489 e. The third kappa shape index (κ3) is 2.91. The predicted molar refractivity (Wildman–Crippen MR) is 80.3 cm³/mol. The zero-order chi connectivity index (χ0) is 14.0. The second kappa shape index (κ2) is 5.86. The molecule has 1 unspecified atom stereocenters. The number of ether oxygens (including phenoxy) is 2. The Hall–Kier alpha value is -0.870. The number of aldehydes is 1. The molecule has 0 radical (unpaired) electrons. The van der Waals surface area contributed by atoms with E-state index in [1.54, 1.807) is 12.1 Å². The van der Waals surface area contributed by atoms with Crippen molar-refractivity contribution in [2.24, 2.45) is 0 Å². The van der Waals surface area contributed by atoms with E-state index in [0.29, 0.717) is 5.56 Å². The first-order valence-electron chi connectivity index (χ1n) is 7.26. The molecule has 4 heteroatoms. The minimum absolute atomic E-state index is 0.0676. The molecule has 0 bridgehead atoms. The number of hydrogen-bond acceptors (Lipinski definition) is 3. The molecule has 1 saturated heterocycles. The lowest BCUT2D eigenvalue weighted by Crippen LogP contribution is -2.41. The Bertz CT molecular complexity index is 494. The first-order chi connectivity index (χ1) is 9.71. The Morgan fingerprint density at radius 2 is 2.15 bits per heavy atom. The zero-order valence-corrected chi connectivity index (χ0v) is 13.0. The van der Waals surface area contributed by atoms with Gasteiger partial charge in [-0.05, 0) is 47.0 Å². The summed E-state index contributed by atoms with van der Waals surface area (Å²) in [6.45, 7) is 0.786. The van der Waals surface area contributed by atoms with Gasteiger partial charge < -0.3 is 9.47 Å². The second-order valence-electron chi connectivity index (χ2n) is 5.78. The molecule has 0 N–H and O–H groups in total. The highest BCUT2D eigenvalue weighted by molar-refractivity contribution is 9.10. The first kappa shape index (κ1) is 14.1. The largest absolute Gasteiger partial charge is 0.489 e. The van der Waals surface area contributed by atoms with Gasteiger partial charge in [-0.2, -0.15) is 0 Å². The van der Waals surface area contributed by atoms with Gasteiger partial charge in [-0.25, -0.2) is 0 Å². The fourth-order valence-electron chi connectivity index (χ4n) is 3.32. The molecule has 1 aliphatic heterocycles. The summed E-state index contributed by atoms with van der Waals surface area (Å²) in [7, 11) is 0. The average molecular weight is 339 g/mol. The predicted octanol–water partition coefficient (Wildman–Crippen LogP) is 4.13. The van der Waals surface area contributed by atoms with Crippen molar-refractivity contribution in [1.82, 2.24) is 0 Å². The van der Waals surface area contributed by atoms with Crippen LogP contribution >= 0.6 is 15.9 Å². The SMILES string of the molecule is O=Cc1ccc(OC2CCOC3(CCCC3)C2)c(Br)c1. The standard InChI is InChI=1S/C16H19BrO3/c17-14-9-12(11-18)3-4-15(14)20-13-5-8-19-16(10-13)6-1-2-7-16/h3-4,9,11,13H,1-2,5-8,10H2. The molecular formula is C16H19BrO3. The molecule has 1 heterocycles. The molecule has 0 aromatic heterocycles. The molecule has 1 aromatic rings. The van der Waals surface area contributed by atoms with E-state index in [-0.39, 0.29) is 11.7 Å². The van der Waals surface area contributed by atoms with E-state index < -0.39 is 0 Å². The van der Waals surface area contributed by atoms with E-state index in [9.17, 15) is 4.79 Å². The van der Waals surface area contributed by atoms with E-state index in [4.69, 9.17) is 9.47 Å². The molecule has 108 valence electrons. The minimum atomic E-state index is 0.0676. The average Bonchev–Trinajstić information content (AvgIpc) is 2.89. The van der Waals surface area contributed by atoms with Crippen molar-refractivity contribution in [2.45, 2.75) is 50.2 Å². The van der Waals surface area contributed by atoms with Gasteiger partial charge in [0.15, 0.2) is 0 Å². The van der Waals surface area contributed by atoms with Crippen molar-refractivity contribution in [3.8, 4) is 5.75 Å². The summed E-state index contributed by atoms with van der Waals surface area (Å²) >= 11 is 3.47. The Morgan fingerprint density at radius 1 is 1.35 bits per heavy atom. The number of carbonyl (C=O) groups excluding carboxylic acids is 1. The summed E-state index contributed by atoms with van der Waals surface area (Å²) in [5.74, 6) is 0.815. The van der Waals surface area contributed by atoms with Crippen LogP contribution in [0.2, 0.25) is 0 Å². The van der Waals surface area contributed by atoms with E-state index in [1.165, 1.54) is 12.8 Å². The highest BCUT2D eigenvalue weighted by atomic mass is 79.9. The van der Waals surface area contributed by atoms with Crippen LogP contribution in [0.4, 0.5) is 0 Å². The van der Waals surface area contributed by atoms with Gasteiger partial charge in [-0.15, -0.1) is 0 Å². The molecule has 0 amide bonds. The molecule has 1 spiro atoms. The van der Waals surface area contributed by atoms with Crippen molar-refractivity contribution in [3.05, 3.63) is 28.2 Å². The van der Waals surface area contributed by atoms with Crippen molar-refractivity contribution in [1.29, 1.82) is 0 Å².